The summed E-state index contributed by atoms with van der Waals surface area (Å²) in [5, 5.41) is 13.3. The van der Waals surface area contributed by atoms with Crippen molar-refractivity contribution in [3.63, 3.8) is 0 Å². The summed E-state index contributed by atoms with van der Waals surface area (Å²) in [7, 11) is 0. The maximum absolute atomic E-state index is 13.2. The van der Waals surface area contributed by atoms with E-state index in [1.807, 2.05) is 63.2 Å². The second kappa shape index (κ2) is 14.5. The number of hydrogen-bond donors (Lipinski definition) is 2. The minimum absolute atomic E-state index is 0.00289. The molecule has 0 radical (unpaired) electrons. The molecule has 2 aliphatic rings. The van der Waals surface area contributed by atoms with Crippen LogP contribution in [0.25, 0.3) is 11.1 Å². The predicted molar refractivity (Wildman–Crippen MR) is 174 cm³/mol. The highest BCUT2D eigenvalue weighted by Crippen LogP contribution is 2.44. The van der Waals surface area contributed by atoms with E-state index in [0.29, 0.717) is 38.4 Å². The van der Waals surface area contributed by atoms with Gasteiger partial charge < -0.3 is 24.8 Å². The second-order valence-corrected chi connectivity index (χ2v) is 13.5. The first-order chi connectivity index (χ1) is 21.2. The molecule has 234 valence electrons. The number of amides is 2. The Labute approximate surface area is 264 Å². The van der Waals surface area contributed by atoms with Gasteiger partial charge in [0, 0.05) is 48.8 Å². The van der Waals surface area contributed by atoms with Gasteiger partial charge in [0.1, 0.15) is 12.2 Å². The van der Waals surface area contributed by atoms with Crippen molar-refractivity contribution in [2.75, 3.05) is 45.1 Å². The van der Waals surface area contributed by atoms with Crippen LogP contribution in [0.1, 0.15) is 44.2 Å². The van der Waals surface area contributed by atoms with E-state index in [4.69, 9.17) is 9.47 Å². The summed E-state index contributed by atoms with van der Waals surface area (Å²) in [5.74, 6) is 0.674. The molecule has 2 amide bonds. The minimum Gasteiger partial charge on any atom is -0.449 e. The van der Waals surface area contributed by atoms with Crippen molar-refractivity contribution in [3.8, 4) is 11.1 Å². The zero-order chi connectivity index (χ0) is 31.1. The van der Waals surface area contributed by atoms with E-state index < -0.39 is 11.7 Å². The lowest BCUT2D eigenvalue weighted by Gasteiger charge is -2.41. The number of carbonyl (C=O) groups is 2. The molecule has 0 unspecified atom stereocenters. The van der Waals surface area contributed by atoms with Crippen LogP contribution in [0.5, 0.6) is 0 Å². The Morgan fingerprint density at radius 3 is 2.23 bits per heavy atom. The molecular formula is C35H43N3O5S. The Balaban J connectivity index is 1.19. The number of aliphatic hydroxyl groups excluding tert-OH is 1. The minimum atomic E-state index is -0.572. The fraction of sp³-hybridized carbons (Fsp3) is 0.429. The summed E-state index contributed by atoms with van der Waals surface area (Å²) < 4.78 is 11.4. The van der Waals surface area contributed by atoms with E-state index in [2.05, 4.69) is 46.6 Å². The molecule has 3 aromatic rings. The summed E-state index contributed by atoms with van der Waals surface area (Å²) in [6.45, 7) is 7.94. The Kier molecular flexibility index (Phi) is 10.5. The molecule has 1 fully saturated rings. The van der Waals surface area contributed by atoms with Crippen LogP contribution in [0.2, 0.25) is 0 Å². The maximum atomic E-state index is 13.2. The van der Waals surface area contributed by atoms with Gasteiger partial charge in [0.25, 0.3) is 0 Å². The molecule has 0 aromatic heterocycles. The molecule has 44 heavy (non-hydrogen) atoms. The standard InChI is InChI=1S/C35H43N3O5S/c1-35(2,3)43-34(41)38-20-19-37(26(21-38)22-39)18-17-25(24-44-27-11-5-4-6-12-27)36-33(40)42-23-32-30-15-9-7-13-28(30)29-14-8-10-16-31(29)32/h4-16,25-26,32,39H,17-24H2,1-3H3,(H,36,40)/t25-,26+/m1/s1. The summed E-state index contributed by atoms with van der Waals surface area (Å²) in [4.78, 5) is 30.8. The molecule has 1 heterocycles. The second-order valence-electron chi connectivity index (χ2n) is 12.4. The monoisotopic (exact) mass is 617 g/mol. The highest BCUT2D eigenvalue weighted by molar-refractivity contribution is 7.99. The number of alkyl carbamates (subject to hydrolysis) is 1. The number of piperazine rings is 1. The molecule has 0 spiro atoms. The highest BCUT2D eigenvalue weighted by Gasteiger charge is 2.33. The van der Waals surface area contributed by atoms with Crippen LogP contribution in [0.15, 0.2) is 83.8 Å². The van der Waals surface area contributed by atoms with E-state index >= 15 is 0 Å². The summed E-state index contributed by atoms with van der Waals surface area (Å²) in [5.41, 5.74) is 4.17. The number of aliphatic hydroxyl groups is 1. The van der Waals surface area contributed by atoms with Gasteiger partial charge in [-0.1, -0.05) is 66.7 Å². The molecule has 0 saturated carbocycles. The molecule has 0 bridgehead atoms. The fourth-order valence-corrected chi connectivity index (χ4v) is 6.89. The first kappa shape index (κ1) is 31.9. The van der Waals surface area contributed by atoms with Gasteiger partial charge in [-0.05, 0) is 61.6 Å². The lowest BCUT2D eigenvalue weighted by atomic mass is 9.98. The largest absolute Gasteiger partial charge is 0.449 e. The molecule has 8 nitrogen and oxygen atoms in total. The van der Waals surface area contributed by atoms with Crippen molar-refractivity contribution in [2.45, 2.75) is 55.7 Å². The van der Waals surface area contributed by atoms with Crippen LogP contribution in [0, 0.1) is 0 Å². The third-order valence-corrected chi connectivity index (χ3v) is 9.27. The van der Waals surface area contributed by atoms with Crippen LogP contribution in [-0.2, 0) is 9.47 Å². The Bertz CT molecular complexity index is 1370. The number of carbonyl (C=O) groups excluding carboxylic acids is 2. The van der Waals surface area contributed by atoms with E-state index in [1.165, 1.54) is 22.3 Å². The Morgan fingerprint density at radius 2 is 1.59 bits per heavy atom. The summed E-state index contributed by atoms with van der Waals surface area (Å²) >= 11 is 1.69. The lowest BCUT2D eigenvalue weighted by Crippen LogP contribution is -2.57. The lowest BCUT2D eigenvalue weighted by molar-refractivity contribution is -0.00489. The van der Waals surface area contributed by atoms with Gasteiger partial charge in [0.2, 0.25) is 0 Å². The van der Waals surface area contributed by atoms with Crippen LogP contribution in [0.3, 0.4) is 0 Å². The number of nitrogens with zero attached hydrogens (tertiary/aromatic N) is 2. The molecule has 1 aliphatic heterocycles. The molecule has 5 rings (SSSR count). The molecule has 9 heteroatoms. The van der Waals surface area contributed by atoms with Crippen molar-refractivity contribution in [1.29, 1.82) is 0 Å². The Hall–Kier alpha value is -3.53. The van der Waals surface area contributed by atoms with Crippen LogP contribution >= 0.6 is 11.8 Å². The third kappa shape index (κ3) is 8.14. The van der Waals surface area contributed by atoms with Crippen molar-refractivity contribution < 1.29 is 24.2 Å². The number of ether oxygens (including phenoxy) is 2. The Morgan fingerprint density at radius 1 is 0.955 bits per heavy atom. The maximum Gasteiger partial charge on any atom is 0.410 e. The van der Waals surface area contributed by atoms with Crippen LogP contribution in [-0.4, -0.2) is 89.9 Å². The smallest absolute Gasteiger partial charge is 0.410 e. The number of fused-ring (bicyclic) bond motifs is 3. The SMILES string of the molecule is CC(C)(C)OC(=O)N1CCN(CC[C@H](CSc2ccccc2)NC(=O)OCC2c3ccccc3-c3ccccc32)[C@H](CO)C1. The van der Waals surface area contributed by atoms with Crippen LogP contribution in [0.4, 0.5) is 9.59 Å². The van der Waals surface area contributed by atoms with Gasteiger partial charge in [-0.15, -0.1) is 11.8 Å². The number of thioether (sulfide) groups is 1. The summed E-state index contributed by atoms with van der Waals surface area (Å²) in [6.07, 6.45) is -0.115. The molecule has 2 N–H and O–H groups in total. The number of benzene rings is 3. The van der Waals surface area contributed by atoms with E-state index in [1.54, 1.807) is 16.7 Å². The summed E-state index contributed by atoms with van der Waals surface area (Å²) in [6, 6.07) is 26.4. The van der Waals surface area contributed by atoms with Gasteiger partial charge in [0.05, 0.1) is 12.6 Å². The number of nitrogens with one attached hydrogen (secondary N) is 1. The average molecular weight is 618 g/mol. The van der Waals surface area contributed by atoms with E-state index in [9.17, 15) is 14.7 Å². The van der Waals surface area contributed by atoms with Crippen molar-refractivity contribution in [1.82, 2.24) is 15.1 Å². The van der Waals surface area contributed by atoms with E-state index in [0.717, 1.165) is 4.90 Å². The third-order valence-electron chi connectivity index (χ3n) is 8.09. The molecule has 2 atom stereocenters. The van der Waals surface area contributed by atoms with Crippen molar-refractivity contribution in [2.24, 2.45) is 0 Å². The van der Waals surface area contributed by atoms with Crippen LogP contribution < -0.4 is 5.32 Å². The number of rotatable bonds is 10. The zero-order valence-corrected chi connectivity index (χ0v) is 26.6. The van der Waals surface area contributed by atoms with Crippen molar-refractivity contribution in [3.05, 3.63) is 90.0 Å². The molecule has 3 aromatic carbocycles. The van der Waals surface area contributed by atoms with Gasteiger partial charge in [0.15, 0.2) is 0 Å². The van der Waals surface area contributed by atoms with Gasteiger partial charge in [-0.25, -0.2) is 9.59 Å². The fourth-order valence-electron chi connectivity index (χ4n) is 5.89. The molecular weight excluding hydrogens is 574 g/mol. The van der Waals surface area contributed by atoms with E-state index in [-0.39, 0.29) is 37.3 Å². The first-order valence-electron chi connectivity index (χ1n) is 15.3. The van der Waals surface area contributed by atoms with Gasteiger partial charge in [-0.3, -0.25) is 4.90 Å². The average Bonchev–Trinajstić information content (AvgIpc) is 3.34. The predicted octanol–water partition coefficient (Wildman–Crippen LogP) is 5.99. The number of hydrogen-bond acceptors (Lipinski definition) is 7. The highest BCUT2D eigenvalue weighted by atomic mass is 32.2. The van der Waals surface area contributed by atoms with Gasteiger partial charge >= 0.3 is 12.2 Å². The van der Waals surface area contributed by atoms with Crippen molar-refractivity contribution >= 4 is 23.9 Å². The molecule has 1 aliphatic carbocycles. The normalized spacial score (nSPS) is 17.5. The molecule has 1 saturated heterocycles. The first-order valence-corrected chi connectivity index (χ1v) is 16.3. The quantitative estimate of drug-likeness (QED) is 0.270. The van der Waals surface area contributed by atoms with Gasteiger partial charge in [-0.2, -0.15) is 0 Å². The zero-order valence-electron chi connectivity index (χ0n) is 25.8. The topological polar surface area (TPSA) is 91.3 Å².